The summed E-state index contributed by atoms with van der Waals surface area (Å²) in [5, 5.41) is 4.07. The van der Waals surface area contributed by atoms with Crippen molar-refractivity contribution in [3.63, 3.8) is 0 Å². The molecular formula is C20H15N5O2S. The Balaban J connectivity index is 1.70. The zero-order chi connectivity index (χ0) is 19.3. The van der Waals surface area contributed by atoms with Crippen LogP contribution in [0.3, 0.4) is 0 Å². The van der Waals surface area contributed by atoms with Gasteiger partial charge in [0.15, 0.2) is 0 Å². The molecule has 0 aliphatic heterocycles. The van der Waals surface area contributed by atoms with E-state index in [0.717, 1.165) is 15.9 Å². The van der Waals surface area contributed by atoms with Crippen molar-refractivity contribution in [2.75, 3.05) is 0 Å². The molecule has 28 heavy (non-hydrogen) atoms. The fraction of sp³-hybridized carbons (Fsp3) is 0.100. The molecule has 0 bridgehead atoms. The molecule has 1 aromatic carbocycles. The van der Waals surface area contributed by atoms with Crippen molar-refractivity contribution in [2.24, 2.45) is 0 Å². The molecule has 0 amide bonds. The summed E-state index contributed by atoms with van der Waals surface area (Å²) in [4.78, 5) is 34.6. The molecule has 0 aliphatic rings. The Morgan fingerprint density at radius 3 is 2.71 bits per heavy atom. The molecule has 4 aromatic heterocycles. The number of hydrogen-bond donors (Lipinski definition) is 1. The van der Waals surface area contributed by atoms with Crippen LogP contribution in [-0.2, 0) is 6.54 Å². The van der Waals surface area contributed by atoms with Gasteiger partial charge < -0.3 is 4.57 Å². The Morgan fingerprint density at radius 1 is 1.11 bits per heavy atom. The first-order valence-electron chi connectivity index (χ1n) is 8.73. The van der Waals surface area contributed by atoms with E-state index >= 15 is 0 Å². The molecule has 7 nitrogen and oxygen atoms in total. The zero-order valence-electron chi connectivity index (χ0n) is 14.9. The molecule has 0 saturated heterocycles. The molecule has 0 radical (unpaired) electrons. The highest BCUT2D eigenvalue weighted by atomic mass is 32.1. The number of nitrogens with one attached hydrogen (secondary N) is 1. The topological polar surface area (TPSA) is 85.6 Å². The number of aromatic nitrogens is 5. The third kappa shape index (κ3) is 2.57. The standard InChI is InChI=1S/C20H15N5O2S/c1-12-18-15(10-17(26)24(12)11-13-6-4-5-9-21-13)23-25(19(18)27)20-22-14-7-2-3-8-16(14)28-20/h2-10,23H,11H2,1H3. The molecular weight excluding hydrogens is 374 g/mol. The van der Waals surface area contributed by atoms with Crippen LogP contribution < -0.4 is 11.1 Å². The lowest BCUT2D eigenvalue weighted by Crippen LogP contribution is -2.24. The lowest BCUT2D eigenvalue weighted by Gasteiger charge is -2.09. The van der Waals surface area contributed by atoms with E-state index in [9.17, 15) is 9.59 Å². The van der Waals surface area contributed by atoms with Crippen molar-refractivity contribution < 1.29 is 0 Å². The number of para-hydroxylation sites is 1. The van der Waals surface area contributed by atoms with Crippen LogP contribution >= 0.6 is 11.3 Å². The van der Waals surface area contributed by atoms with Gasteiger partial charge in [-0.15, -0.1) is 0 Å². The van der Waals surface area contributed by atoms with Crippen LogP contribution in [0.1, 0.15) is 11.4 Å². The summed E-state index contributed by atoms with van der Waals surface area (Å²) in [6.45, 7) is 2.10. The van der Waals surface area contributed by atoms with Gasteiger partial charge in [-0.25, -0.2) is 4.98 Å². The largest absolute Gasteiger partial charge is 0.306 e. The summed E-state index contributed by atoms with van der Waals surface area (Å²) >= 11 is 1.42. The molecule has 4 heterocycles. The molecule has 0 atom stereocenters. The second-order valence-corrected chi connectivity index (χ2v) is 7.49. The zero-order valence-corrected chi connectivity index (χ0v) is 15.7. The highest BCUT2D eigenvalue weighted by Gasteiger charge is 2.17. The molecule has 1 N–H and O–H groups in total. The van der Waals surface area contributed by atoms with E-state index < -0.39 is 0 Å². The smallest absolute Gasteiger partial charge is 0.282 e. The van der Waals surface area contributed by atoms with Crippen molar-refractivity contribution in [3.05, 3.63) is 86.8 Å². The van der Waals surface area contributed by atoms with Crippen molar-refractivity contribution in [3.8, 4) is 5.13 Å². The van der Waals surface area contributed by atoms with Crippen LogP contribution in [0.15, 0.2) is 64.3 Å². The number of pyridine rings is 2. The second kappa shape index (κ2) is 6.28. The predicted octanol–water partition coefficient (Wildman–Crippen LogP) is 2.84. The highest BCUT2D eigenvalue weighted by Crippen LogP contribution is 2.24. The number of fused-ring (bicyclic) bond motifs is 2. The Morgan fingerprint density at radius 2 is 1.93 bits per heavy atom. The van der Waals surface area contributed by atoms with Crippen LogP contribution in [0.4, 0.5) is 0 Å². The molecule has 8 heteroatoms. The third-order valence-corrected chi connectivity index (χ3v) is 5.76. The average molecular weight is 389 g/mol. The quantitative estimate of drug-likeness (QED) is 0.514. The van der Waals surface area contributed by atoms with Crippen molar-refractivity contribution in [1.29, 1.82) is 0 Å². The molecule has 0 aliphatic carbocycles. The van der Waals surface area contributed by atoms with Crippen molar-refractivity contribution in [1.82, 2.24) is 24.3 Å². The first kappa shape index (κ1) is 16.6. The molecule has 5 aromatic rings. The van der Waals surface area contributed by atoms with Gasteiger partial charge in [-0.05, 0) is 31.2 Å². The highest BCUT2D eigenvalue weighted by molar-refractivity contribution is 7.20. The minimum Gasteiger partial charge on any atom is -0.306 e. The lowest BCUT2D eigenvalue weighted by atomic mass is 10.2. The van der Waals surface area contributed by atoms with Gasteiger partial charge >= 0.3 is 0 Å². The van der Waals surface area contributed by atoms with Gasteiger partial charge in [0.2, 0.25) is 5.13 Å². The molecule has 0 unspecified atom stereocenters. The second-order valence-electron chi connectivity index (χ2n) is 6.48. The summed E-state index contributed by atoms with van der Waals surface area (Å²) in [6, 6.07) is 14.7. The molecule has 138 valence electrons. The van der Waals surface area contributed by atoms with E-state index in [2.05, 4.69) is 15.1 Å². The lowest BCUT2D eigenvalue weighted by molar-refractivity contribution is 0.720. The SMILES string of the molecule is Cc1c2c(=O)n(-c3nc4ccccc4s3)[nH]c2cc(=O)n1Cc1ccccn1. The average Bonchev–Trinajstić information content (AvgIpc) is 3.27. The van der Waals surface area contributed by atoms with Gasteiger partial charge in [0, 0.05) is 18.0 Å². The van der Waals surface area contributed by atoms with E-state index in [0.29, 0.717) is 28.3 Å². The molecule has 0 spiro atoms. The summed E-state index contributed by atoms with van der Waals surface area (Å²) in [7, 11) is 0. The minimum atomic E-state index is -0.221. The van der Waals surface area contributed by atoms with Crippen LogP contribution in [0, 0.1) is 6.92 Å². The van der Waals surface area contributed by atoms with E-state index in [1.807, 2.05) is 42.5 Å². The number of nitrogens with zero attached hydrogens (tertiary/aromatic N) is 4. The Hall–Kier alpha value is -3.52. The summed E-state index contributed by atoms with van der Waals surface area (Å²) in [5.41, 5.74) is 2.29. The molecule has 5 rings (SSSR count). The monoisotopic (exact) mass is 389 g/mol. The van der Waals surface area contributed by atoms with Gasteiger partial charge in [0.25, 0.3) is 11.1 Å². The van der Waals surface area contributed by atoms with Crippen LogP contribution in [-0.4, -0.2) is 24.3 Å². The van der Waals surface area contributed by atoms with E-state index in [-0.39, 0.29) is 11.1 Å². The van der Waals surface area contributed by atoms with E-state index in [1.165, 1.54) is 22.1 Å². The maximum absolute atomic E-state index is 13.1. The number of hydrogen-bond acceptors (Lipinski definition) is 5. The number of rotatable bonds is 3. The summed E-state index contributed by atoms with van der Waals surface area (Å²) in [5.74, 6) is 0. The number of aromatic amines is 1. The van der Waals surface area contributed by atoms with Gasteiger partial charge in [-0.2, -0.15) is 4.68 Å². The molecule has 0 saturated carbocycles. The summed E-state index contributed by atoms with van der Waals surface area (Å²) in [6.07, 6.45) is 1.69. The number of benzene rings is 1. The maximum atomic E-state index is 13.1. The fourth-order valence-electron chi connectivity index (χ4n) is 3.35. The Labute approximate surface area is 162 Å². The van der Waals surface area contributed by atoms with Gasteiger partial charge in [-0.3, -0.25) is 19.7 Å². The van der Waals surface area contributed by atoms with Crippen LogP contribution in [0.2, 0.25) is 0 Å². The van der Waals surface area contributed by atoms with Crippen LogP contribution in [0.25, 0.3) is 26.3 Å². The summed E-state index contributed by atoms with van der Waals surface area (Å²) < 4.78 is 3.98. The normalized spacial score (nSPS) is 11.5. The number of H-pyrrole nitrogens is 1. The first-order valence-corrected chi connectivity index (χ1v) is 9.54. The first-order chi connectivity index (χ1) is 13.6. The minimum absolute atomic E-state index is 0.187. The Kier molecular flexibility index (Phi) is 3.73. The van der Waals surface area contributed by atoms with Crippen molar-refractivity contribution >= 4 is 32.5 Å². The maximum Gasteiger partial charge on any atom is 0.282 e. The number of thiazole rings is 1. The van der Waals surface area contributed by atoms with Crippen molar-refractivity contribution in [2.45, 2.75) is 13.5 Å². The van der Waals surface area contributed by atoms with E-state index in [4.69, 9.17) is 0 Å². The molecule has 0 fully saturated rings. The number of aryl methyl sites for hydroxylation is 1. The van der Waals surface area contributed by atoms with E-state index in [1.54, 1.807) is 17.7 Å². The van der Waals surface area contributed by atoms with Gasteiger partial charge in [-0.1, -0.05) is 29.5 Å². The van der Waals surface area contributed by atoms with Gasteiger partial charge in [0.05, 0.1) is 33.4 Å². The fourth-order valence-corrected chi connectivity index (χ4v) is 4.28. The third-order valence-electron chi connectivity index (χ3n) is 4.74. The Bertz CT molecular complexity index is 1410. The van der Waals surface area contributed by atoms with Crippen LogP contribution in [0.5, 0.6) is 0 Å². The predicted molar refractivity (Wildman–Crippen MR) is 109 cm³/mol. The van der Waals surface area contributed by atoms with Gasteiger partial charge in [0.1, 0.15) is 0 Å².